The Morgan fingerprint density at radius 2 is 1.75 bits per heavy atom. The number of aromatic nitrogens is 3. The Balaban J connectivity index is 1.76. The summed E-state index contributed by atoms with van der Waals surface area (Å²) in [5.41, 5.74) is 3.51. The molecule has 0 fully saturated rings. The van der Waals surface area contributed by atoms with Crippen LogP contribution in [0.25, 0.3) is 0 Å². The van der Waals surface area contributed by atoms with E-state index < -0.39 is 0 Å². The van der Waals surface area contributed by atoms with E-state index in [9.17, 15) is 0 Å². The second-order valence-corrected chi connectivity index (χ2v) is 5.62. The number of benzene rings is 2. The van der Waals surface area contributed by atoms with Gasteiger partial charge in [-0.15, -0.1) is 5.10 Å². The maximum absolute atomic E-state index is 4.58. The second-order valence-electron chi connectivity index (χ2n) is 5.62. The van der Waals surface area contributed by atoms with Crippen LogP contribution in [0, 0.1) is 0 Å². The molecule has 0 radical (unpaired) electrons. The highest BCUT2D eigenvalue weighted by Crippen LogP contribution is 2.20. The molecule has 0 atom stereocenters. The predicted molar refractivity (Wildman–Crippen MR) is 97.5 cm³/mol. The Kier molecular flexibility index (Phi) is 5.01. The molecule has 3 aromatic rings. The minimum absolute atomic E-state index is 0.595. The normalized spacial score (nSPS) is 10.4. The lowest BCUT2D eigenvalue weighted by Crippen LogP contribution is -2.20. The zero-order valence-corrected chi connectivity index (χ0v) is 14.0. The second kappa shape index (κ2) is 7.55. The Bertz CT molecular complexity index is 789. The minimum atomic E-state index is 0.595. The third-order valence-corrected chi connectivity index (χ3v) is 3.81. The van der Waals surface area contributed by atoms with Crippen LogP contribution in [0.3, 0.4) is 0 Å². The van der Waals surface area contributed by atoms with Gasteiger partial charge in [0, 0.05) is 19.3 Å². The summed E-state index contributed by atoms with van der Waals surface area (Å²) in [4.78, 5) is 6.57. The molecule has 0 bridgehead atoms. The Morgan fingerprint density at radius 3 is 2.54 bits per heavy atom. The van der Waals surface area contributed by atoms with E-state index in [0.717, 1.165) is 18.7 Å². The van der Waals surface area contributed by atoms with Crippen molar-refractivity contribution >= 4 is 17.5 Å². The Hall–Kier alpha value is -2.95. The molecule has 1 heterocycles. The molecule has 0 aliphatic carbocycles. The van der Waals surface area contributed by atoms with Gasteiger partial charge in [-0.25, -0.2) is 0 Å². The molecule has 0 saturated carbocycles. The van der Waals surface area contributed by atoms with Crippen molar-refractivity contribution in [1.29, 1.82) is 0 Å². The molecular formula is C19H21N5. The van der Waals surface area contributed by atoms with Gasteiger partial charge in [0.15, 0.2) is 5.82 Å². The van der Waals surface area contributed by atoms with Crippen LogP contribution in [-0.4, -0.2) is 22.2 Å². The summed E-state index contributed by atoms with van der Waals surface area (Å²) in [6.07, 6.45) is 2.61. The maximum atomic E-state index is 4.58. The number of aryl methyl sites for hydroxylation is 1. The van der Waals surface area contributed by atoms with Gasteiger partial charge in [0.25, 0.3) is 0 Å². The highest BCUT2D eigenvalue weighted by atomic mass is 15.3. The number of nitrogens with zero attached hydrogens (tertiary/aromatic N) is 4. The summed E-state index contributed by atoms with van der Waals surface area (Å²) in [5, 5.41) is 11.6. The van der Waals surface area contributed by atoms with E-state index >= 15 is 0 Å². The lowest BCUT2D eigenvalue weighted by molar-refractivity contribution is 0.831. The zero-order valence-electron chi connectivity index (χ0n) is 14.0. The molecule has 2 aromatic carbocycles. The third kappa shape index (κ3) is 3.87. The molecule has 0 aliphatic heterocycles. The number of anilines is 3. The molecule has 5 nitrogen and oxygen atoms in total. The fraction of sp³-hybridized carbons (Fsp3) is 0.211. The molecule has 0 aliphatic rings. The van der Waals surface area contributed by atoms with Crippen LogP contribution in [-0.2, 0) is 13.0 Å². The van der Waals surface area contributed by atoms with Gasteiger partial charge in [-0.05, 0) is 23.6 Å². The van der Waals surface area contributed by atoms with Gasteiger partial charge in [-0.2, -0.15) is 10.1 Å². The quantitative estimate of drug-likeness (QED) is 0.748. The number of nitrogens with one attached hydrogen (secondary N) is 1. The molecule has 1 N–H and O–H groups in total. The van der Waals surface area contributed by atoms with Crippen molar-refractivity contribution in [2.75, 3.05) is 17.3 Å². The molecule has 5 heteroatoms. The molecule has 0 unspecified atom stereocenters. The first-order chi connectivity index (χ1) is 11.8. The first kappa shape index (κ1) is 15.9. The van der Waals surface area contributed by atoms with Gasteiger partial charge in [-0.1, -0.05) is 55.5 Å². The number of para-hydroxylation sites is 1. The van der Waals surface area contributed by atoms with E-state index in [4.69, 9.17) is 0 Å². The molecular weight excluding hydrogens is 298 g/mol. The number of hydrogen-bond acceptors (Lipinski definition) is 5. The van der Waals surface area contributed by atoms with Crippen LogP contribution in [0.1, 0.15) is 18.1 Å². The van der Waals surface area contributed by atoms with E-state index in [-0.39, 0.29) is 0 Å². The summed E-state index contributed by atoms with van der Waals surface area (Å²) in [6.45, 7) is 2.87. The van der Waals surface area contributed by atoms with E-state index in [1.54, 1.807) is 6.20 Å². The Labute approximate surface area is 142 Å². The van der Waals surface area contributed by atoms with Crippen molar-refractivity contribution in [1.82, 2.24) is 15.2 Å². The van der Waals surface area contributed by atoms with Crippen LogP contribution in [0.2, 0.25) is 0 Å². The van der Waals surface area contributed by atoms with Crippen molar-refractivity contribution in [2.24, 2.45) is 0 Å². The summed E-state index contributed by atoms with van der Waals surface area (Å²) in [5.74, 6) is 1.29. The molecule has 3 rings (SSSR count). The van der Waals surface area contributed by atoms with Crippen LogP contribution in [0.5, 0.6) is 0 Å². The fourth-order valence-electron chi connectivity index (χ4n) is 2.53. The van der Waals surface area contributed by atoms with E-state index in [0.29, 0.717) is 11.8 Å². The first-order valence-electron chi connectivity index (χ1n) is 8.06. The van der Waals surface area contributed by atoms with Gasteiger partial charge in [0.05, 0.1) is 6.20 Å². The summed E-state index contributed by atoms with van der Waals surface area (Å²) in [7, 11) is 1.97. The highest BCUT2D eigenvalue weighted by molar-refractivity contribution is 5.60. The molecule has 0 amide bonds. The summed E-state index contributed by atoms with van der Waals surface area (Å²) in [6, 6.07) is 18.5. The van der Waals surface area contributed by atoms with Crippen molar-refractivity contribution < 1.29 is 0 Å². The number of hydrogen-bond donors (Lipinski definition) is 1. The number of rotatable bonds is 6. The van der Waals surface area contributed by atoms with Crippen molar-refractivity contribution in [3.63, 3.8) is 0 Å². The molecule has 0 spiro atoms. The van der Waals surface area contributed by atoms with Crippen molar-refractivity contribution in [2.45, 2.75) is 19.9 Å². The van der Waals surface area contributed by atoms with Gasteiger partial charge in [0.1, 0.15) is 0 Å². The topological polar surface area (TPSA) is 53.9 Å². The predicted octanol–water partition coefficient (Wildman–Crippen LogP) is 3.81. The maximum Gasteiger partial charge on any atom is 0.247 e. The Morgan fingerprint density at radius 1 is 1.00 bits per heavy atom. The lowest BCUT2D eigenvalue weighted by Gasteiger charge is -2.17. The van der Waals surface area contributed by atoms with Gasteiger partial charge >= 0.3 is 0 Å². The van der Waals surface area contributed by atoms with Gasteiger partial charge < -0.3 is 10.2 Å². The van der Waals surface area contributed by atoms with Crippen LogP contribution in [0.4, 0.5) is 17.5 Å². The van der Waals surface area contributed by atoms with E-state index in [1.165, 1.54) is 11.1 Å². The monoisotopic (exact) mass is 319 g/mol. The van der Waals surface area contributed by atoms with Crippen LogP contribution < -0.4 is 10.2 Å². The molecule has 1 aromatic heterocycles. The van der Waals surface area contributed by atoms with Gasteiger partial charge in [-0.3, -0.25) is 0 Å². The molecule has 0 saturated heterocycles. The molecule has 24 heavy (non-hydrogen) atoms. The van der Waals surface area contributed by atoms with Crippen LogP contribution in [0.15, 0.2) is 60.8 Å². The average molecular weight is 319 g/mol. The first-order valence-corrected chi connectivity index (χ1v) is 8.06. The standard InChI is InChI=1S/C19H21N5/c1-3-16-11-7-8-12-17(16)21-18-13-20-23-19(22-18)24(2)14-15-9-5-4-6-10-15/h4-13H,3,14H2,1-2H3,(H,21,22,23). The zero-order chi connectivity index (χ0) is 16.8. The lowest BCUT2D eigenvalue weighted by atomic mass is 10.1. The SMILES string of the molecule is CCc1ccccc1Nc1cnnc(N(C)Cc2ccccc2)n1. The average Bonchev–Trinajstić information content (AvgIpc) is 2.63. The van der Waals surface area contributed by atoms with Crippen molar-refractivity contribution in [3.05, 3.63) is 71.9 Å². The third-order valence-electron chi connectivity index (χ3n) is 3.81. The summed E-state index contributed by atoms with van der Waals surface area (Å²) >= 11 is 0. The largest absolute Gasteiger partial charge is 0.339 e. The summed E-state index contributed by atoms with van der Waals surface area (Å²) < 4.78 is 0. The van der Waals surface area contributed by atoms with Crippen molar-refractivity contribution in [3.8, 4) is 0 Å². The van der Waals surface area contributed by atoms with E-state index in [1.807, 2.05) is 48.3 Å². The smallest absolute Gasteiger partial charge is 0.247 e. The molecule has 122 valence electrons. The van der Waals surface area contributed by atoms with Gasteiger partial charge in [0.2, 0.25) is 5.95 Å². The fourth-order valence-corrected chi connectivity index (χ4v) is 2.53. The van der Waals surface area contributed by atoms with E-state index in [2.05, 4.69) is 45.6 Å². The highest BCUT2D eigenvalue weighted by Gasteiger charge is 2.08. The minimum Gasteiger partial charge on any atom is -0.339 e. The van der Waals surface area contributed by atoms with Crippen LogP contribution >= 0.6 is 0 Å².